The van der Waals surface area contributed by atoms with Gasteiger partial charge in [-0.2, -0.15) is 0 Å². The smallest absolute Gasteiger partial charge is 0.0946 e. The van der Waals surface area contributed by atoms with Crippen LogP contribution in [0.4, 0.5) is 11.4 Å². The maximum Gasteiger partial charge on any atom is 0.0946 e. The molecule has 5 nitrogen and oxygen atoms in total. The highest BCUT2D eigenvalue weighted by molar-refractivity contribution is 9.10. The lowest BCUT2D eigenvalue weighted by molar-refractivity contribution is 0.619. The molecular weight excluding hydrogens is 282 g/mol. The monoisotopic (exact) mass is 295 g/mol. The molecule has 0 saturated heterocycles. The van der Waals surface area contributed by atoms with E-state index >= 15 is 0 Å². The van der Waals surface area contributed by atoms with Crippen molar-refractivity contribution in [1.29, 1.82) is 0 Å². The van der Waals surface area contributed by atoms with Crippen LogP contribution in [0.2, 0.25) is 0 Å². The van der Waals surface area contributed by atoms with Crippen LogP contribution in [0.1, 0.15) is 6.92 Å². The van der Waals surface area contributed by atoms with Gasteiger partial charge in [-0.15, -0.1) is 0 Å². The van der Waals surface area contributed by atoms with Gasteiger partial charge in [-0.1, -0.05) is 0 Å². The molecule has 0 fully saturated rings. The highest BCUT2D eigenvalue weighted by Crippen LogP contribution is 2.27. The van der Waals surface area contributed by atoms with Crippen molar-refractivity contribution in [2.75, 3.05) is 11.1 Å². The maximum atomic E-state index is 5.87. The molecule has 3 N–H and O–H groups in total. The quantitative estimate of drug-likeness (QED) is 0.907. The normalized spacial score (nSPS) is 12.4. The predicted molar refractivity (Wildman–Crippen MR) is 71.7 cm³/mol. The number of hydrogen-bond donors (Lipinski definition) is 2. The number of nitrogens with zero attached hydrogens (tertiary/aromatic N) is 3. The molecule has 17 heavy (non-hydrogen) atoms. The van der Waals surface area contributed by atoms with Crippen molar-refractivity contribution in [2.24, 2.45) is 0 Å². The van der Waals surface area contributed by atoms with Crippen molar-refractivity contribution in [1.82, 2.24) is 14.5 Å². The Morgan fingerprint density at radius 3 is 2.94 bits per heavy atom. The molecule has 0 spiro atoms. The zero-order valence-electron chi connectivity index (χ0n) is 9.47. The number of anilines is 2. The third-order valence-electron chi connectivity index (χ3n) is 2.36. The van der Waals surface area contributed by atoms with Crippen LogP contribution in [-0.4, -0.2) is 20.6 Å². The van der Waals surface area contributed by atoms with Crippen molar-refractivity contribution < 1.29 is 0 Å². The first kappa shape index (κ1) is 11.9. The van der Waals surface area contributed by atoms with E-state index in [0.29, 0.717) is 5.69 Å². The average molecular weight is 296 g/mol. The lowest BCUT2D eigenvalue weighted by Crippen LogP contribution is -2.22. The summed E-state index contributed by atoms with van der Waals surface area (Å²) < 4.78 is 2.89. The second-order valence-electron chi connectivity index (χ2n) is 3.89. The number of nitrogen functional groups attached to an aromatic ring is 1. The summed E-state index contributed by atoms with van der Waals surface area (Å²) in [7, 11) is 0. The van der Waals surface area contributed by atoms with Gasteiger partial charge in [0.1, 0.15) is 0 Å². The number of nitrogens with one attached hydrogen (secondary N) is 1. The average Bonchev–Trinajstić information content (AvgIpc) is 2.76. The van der Waals surface area contributed by atoms with Crippen molar-refractivity contribution >= 4 is 27.3 Å². The Kier molecular flexibility index (Phi) is 3.63. The summed E-state index contributed by atoms with van der Waals surface area (Å²) in [4.78, 5) is 8.01. The van der Waals surface area contributed by atoms with Gasteiger partial charge in [0, 0.05) is 31.2 Å². The molecule has 0 saturated carbocycles. The number of pyridine rings is 1. The van der Waals surface area contributed by atoms with Crippen molar-refractivity contribution in [3.05, 3.63) is 35.6 Å². The Morgan fingerprint density at radius 1 is 1.47 bits per heavy atom. The molecule has 0 bridgehead atoms. The van der Waals surface area contributed by atoms with Gasteiger partial charge in [-0.3, -0.25) is 4.98 Å². The van der Waals surface area contributed by atoms with E-state index in [1.807, 2.05) is 10.8 Å². The van der Waals surface area contributed by atoms with E-state index in [1.165, 1.54) is 0 Å². The predicted octanol–water partition coefficient (Wildman–Crippen LogP) is 2.12. The van der Waals surface area contributed by atoms with Gasteiger partial charge in [0.15, 0.2) is 0 Å². The Bertz CT molecular complexity index is 462. The van der Waals surface area contributed by atoms with Gasteiger partial charge < -0.3 is 15.6 Å². The molecule has 1 atom stereocenters. The summed E-state index contributed by atoms with van der Waals surface area (Å²) in [5.41, 5.74) is 7.39. The van der Waals surface area contributed by atoms with Crippen LogP contribution in [0.25, 0.3) is 0 Å². The number of aromatic nitrogens is 3. The van der Waals surface area contributed by atoms with Crippen LogP contribution in [-0.2, 0) is 6.54 Å². The minimum atomic E-state index is 0.241. The molecule has 2 aromatic rings. The van der Waals surface area contributed by atoms with Crippen LogP contribution in [0.5, 0.6) is 0 Å². The third-order valence-corrected chi connectivity index (χ3v) is 2.96. The van der Waals surface area contributed by atoms with E-state index in [0.717, 1.165) is 16.7 Å². The minimum Gasteiger partial charge on any atom is -0.396 e. The van der Waals surface area contributed by atoms with Gasteiger partial charge in [0.25, 0.3) is 0 Å². The van der Waals surface area contributed by atoms with E-state index in [-0.39, 0.29) is 6.04 Å². The highest BCUT2D eigenvalue weighted by atomic mass is 79.9. The van der Waals surface area contributed by atoms with Crippen molar-refractivity contribution in [2.45, 2.75) is 19.5 Å². The number of halogens is 1. The second-order valence-corrected chi connectivity index (χ2v) is 4.74. The molecule has 6 heteroatoms. The largest absolute Gasteiger partial charge is 0.396 e. The molecule has 2 heterocycles. The number of rotatable bonds is 4. The van der Waals surface area contributed by atoms with Crippen LogP contribution >= 0.6 is 15.9 Å². The number of nitrogens with two attached hydrogens (primary N) is 1. The molecule has 0 aliphatic heterocycles. The van der Waals surface area contributed by atoms with Crippen molar-refractivity contribution in [3.63, 3.8) is 0 Å². The molecule has 0 aromatic carbocycles. The summed E-state index contributed by atoms with van der Waals surface area (Å²) in [5.74, 6) is 0. The summed E-state index contributed by atoms with van der Waals surface area (Å²) in [6, 6.07) is 0.241. The van der Waals surface area contributed by atoms with Gasteiger partial charge in [-0.05, 0) is 22.9 Å². The Balaban J connectivity index is 2.05. The summed E-state index contributed by atoms with van der Waals surface area (Å²) >= 11 is 3.43. The fourth-order valence-corrected chi connectivity index (χ4v) is 2.07. The van der Waals surface area contributed by atoms with E-state index in [1.54, 1.807) is 24.9 Å². The van der Waals surface area contributed by atoms with Crippen molar-refractivity contribution in [3.8, 4) is 0 Å². The summed E-state index contributed by atoms with van der Waals surface area (Å²) in [6.45, 7) is 2.92. The molecule has 2 rings (SSSR count). The molecule has 1 unspecified atom stereocenters. The first-order valence-corrected chi connectivity index (χ1v) is 6.07. The fourth-order valence-electron chi connectivity index (χ4n) is 1.61. The first-order chi connectivity index (χ1) is 8.16. The molecule has 0 radical (unpaired) electrons. The zero-order valence-corrected chi connectivity index (χ0v) is 11.1. The topological polar surface area (TPSA) is 68.8 Å². The van der Waals surface area contributed by atoms with Crippen LogP contribution < -0.4 is 11.1 Å². The number of imidazole rings is 1. The van der Waals surface area contributed by atoms with Gasteiger partial charge in [0.05, 0.1) is 28.4 Å². The molecule has 0 amide bonds. The summed E-state index contributed by atoms with van der Waals surface area (Å²) in [6.07, 6.45) is 8.86. The SMILES string of the molecule is CC(Cn1ccnc1)Nc1c(N)cncc1Br. The minimum absolute atomic E-state index is 0.241. The van der Waals surface area contributed by atoms with Crippen LogP contribution in [0.3, 0.4) is 0 Å². The Hall–Kier alpha value is -1.56. The molecule has 0 aliphatic rings. The third kappa shape index (κ3) is 2.97. The summed E-state index contributed by atoms with van der Waals surface area (Å²) in [5, 5.41) is 3.36. The Morgan fingerprint density at radius 2 is 2.29 bits per heavy atom. The van der Waals surface area contributed by atoms with E-state index in [4.69, 9.17) is 5.73 Å². The molecule has 90 valence electrons. The van der Waals surface area contributed by atoms with E-state index in [9.17, 15) is 0 Å². The fraction of sp³-hybridized carbons (Fsp3) is 0.273. The molecule has 2 aromatic heterocycles. The van der Waals surface area contributed by atoms with Gasteiger partial charge in [0.2, 0.25) is 0 Å². The second kappa shape index (κ2) is 5.18. The van der Waals surface area contributed by atoms with E-state index in [2.05, 4.69) is 38.1 Å². The number of hydrogen-bond acceptors (Lipinski definition) is 4. The highest BCUT2D eigenvalue weighted by Gasteiger charge is 2.08. The van der Waals surface area contributed by atoms with Gasteiger partial charge in [-0.25, -0.2) is 4.98 Å². The zero-order chi connectivity index (χ0) is 12.3. The maximum absolute atomic E-state index is 5.87. The molecule has 0 aliphatic carbocycles. The Labute approximate surface area is 108 Å². The lowest BCUT2D eigenvalue weighted by atomic mass is 10.3. The van der Waals surface area contributed by atoms with Crippen LogP contribution in [0.15, 0.2) is 35.6 Å². The standard InChI is InChI=1S/C11H14BrN5/c1-8(6-17-3-2-14-7-17)16-11-9(12)4-15-5-10(11)13/h2-5,7-8H,6,13H2,1H3,(H,15,16). The van der Waals surface area contributed by atoms with Crippen LogP contribution in [0, 0.1) is 0 Å². The van der Waals surface area contributed by atoms with Gasteiger partial charge >= 0.3 is 0 Å². The lowest BCUT2D eigenvalue weighted by Gasteiger charge is -2.18. The first-order valence-electron chi connectivity index (χ1n) is 5.28. The van der Waals surface area contributed by atoms with E-state index < -0.39 is 0 Å². The molecular formula is C11H14BrN5.